The van der Waals surface area contributed by atoms with Gasteiger partial charge in [0, 0.05) is 15.6 Å². The van der Waals surface area contributed by atoms with E-state index in [4.69, 9.17) is 4.52 Å². The van der Waals surface area contributed by atoms with Crippen molar-refractivity contribution in [1.29, 1.82) is 0 Å². The molecule has 0 fully saturated rings. The topological polar surface area (TPSA) is 59.2 Å². The second-order valence-corrected chi connectivity index (χ2v) is 5.35. The van der Waals surface area contributed by atoms with Crippen LogP contribution in [0, 0.1) is 6.92 Å². The van der Waals surface area contributed by atoms with Crippen LogP contribution < -0.4 is 0 Å². The Labute approximate surface area is 124 Å². The van der Waals surface area contributed by atoms with Gasteiger partial charge in [-0.05, 0) is 42.8 Å². The summed E-state index contributed by atoms with van der Waals surface area (Å²) in [6.45, 7) is 1.82. The number of hydrogen-bond acceptors (Lipinski definition) is 4. The van der Waals surface area contributed by atoms with E-state index in [1.807, 2.05) is 37.3 Å². The number of halogens is 1. The van der Waals surface area contributed by atoms with Crippen molar-refractivity contribution in [1.82, 2.24) is 10.1 Å². The van der Waals surface area contributed by atoms with Gasteiger partial charge in [0.25, 0.3) is 5.89 Å². The van der Waals surface area contributed by atoms with Gasteiger partial charge in [-0.3, -0.25) is 0 Å². The van der Waals surface area contributed by atoms with Crippen LogP contribution in [0.3, 0.4) is 0 Å². The van der Waals surface area contributed by atoms with Crippen LogP contribution in [0.15, 0.2) is 51.5 Å². The lowest BCUT2D eigenvalue weighted by molar-refractivity contribution is 0.432. The average molecular weight is 331 g/mol. The lowest BCUT2D eigenvalue weighted by Crippen LogP contribution is -1.82. The first-order chi connectivity index (χ1) is 9.63. The maximum Gasteiger partial charge on any atom is 0.258 e. The van der Waals surface area contributed by atoms with Gasteiger partial charge in [-0.2, -0.15) is 4.98 Å². The molecule has 0 saturated carbocycles. The largest absolute Gasteiger partial charge is 0.508 e. The minimum absolute atomic E-state index is 0.250. The monoisotopic (exact) mass is 330 g/mol. The van der Waals surface area contributed by atoms with Crippen molar-refractivity contribution in [3.63, 3.8) is 0 Å². The van der Waals surface area contributed by atoms with Crippen molar-refractivity contribution in [2.75, 3.05) is 0 Å². The summed E-state index contributed by atoms with van der Waals surface area (Å²) in [6, 6.07) is 12.9. The number of aromatic hydroxyl groups is 1. The molecular formula is C15H11BrN2O2. The van der Waals surface area contributed by atoms with Gasteiger partial charge in [0.1, 0.15) is 5.75 Å². The van der Waals surface area contributed by atoms with Crippen LogP contribution in [-0.4, -0.2) is 15.2 Å². The van der Waals surface area contributed by atoms with E-state index in [2.05, 4.69) is 26.1 Å². The molecule has 5 heteroatoms. The van der Waals surface area contributed by atoms with Gasteiger partial charge in [0.2, 0.25) is 5.82 Å². The molecule has 0 radical (unpaired) electrons. The Bertz CT molecular complexity index is 768. The van der Waals surface area contributed by atoms with E-state index in [0.29, 0.717) is 11.7 Å². The van der Waals surface area contributed by atoms with Crippen LogP contribution in [0.25, 0.3) is 22.8 Å². The van der Waals surface area contributed by atoms with Gasteiger partial charge in [0.05, 0.1) is 0 Å². The molecule has 0 bridgehead atoms. The third kappa shape index (κ3) is 2.44. The van der Waals surface area contributed by atoms with Crippen LogP contribution in [0.4, 0.5) is 0 Å². The number of phenolic OH excluding ortho intramolecular Hbond substituents is 1. The SMILES string of the molecule is Cc1cc(-c2nc(-c3cccc(Br)c3)no2)ccc1O. The van der Waals surface area contributed by atoms with Gasteiger partial charge in [-0.15, -0.1) is 0 Å². The maximum absolute atomic E-state index is 9.53. The van der Waals surface area contributed by atoms with Gasteiger partial charge < -0.3 is 9.63 Å². The molecule has 100 valence electrons. The van der Waals surface area contributed by atoms with Crippen molar-refractivity contribution >= 4 is 15.9 Å². The molecule has 1 heterocycles. The summed E-state index contributed by atoms with van der Waals surface area (Å²) in [5.74, 6) is 1.22. The van der Waals surface area contributed by atoms with Crippen LogP contribution in [0.1, 0.15) is 5.56 Å². The van der Waals surface area contributed by atoms with E-state index in [1.165, 1.54) is 0 Å². The Balaban J connectivity index is 1.99. The molecule has 20 heavy (non-hydrogen) atoms. The minimum atomic E-state index is 0.250. The summed E-state index contributed by atoms with van der Waals surface area (Å²) < 4.78 is 6.24. The molecule has 0 unspecified atom stereocenters. The first-order valence-corrected chi connectivity index (χ1v) is 6.82. The Morgan fingerprint density at radius 2 is 1.95 bits per heavy atom. The molecular weight excluding hydrogens is 320 g/mol. The summed E-state index contributed by atoms with van der Waals surface area (Å²) in [6.07, 6.45) is 0. The standard InChI is InChI=1S/C15H11BrN2O2/c1-9-7-11(5-6-13(9)19)15-17-14(18-20-15)10-3-2-4-12(16)8-10/h2-8,19H,1H3. The molecule has 1 aromatic heterocycles. The molecule has 0 atom stereocenters. The summed E-state index contributed by atoms with van der Waals surface area (Å²) in [5.41, 5.74) is 2.43. The normalized spacial score (nSPS) is 10.7. The number of aromatic nitrogens is 2. The lowest BCUT2D eigenvalue weighted by Gasteiger charge is -1.99. The highest BCUT2D eigenvalue weighted by Crippen LogP contribution is 2.27. The molecule has 4 nitrogen and oxygen atoms in total. The number of phenols is 1. The number of hydrogen-bond donors (Lipinski definition) is 1. The predicted molar refractivity (Wildman–Crippen MR) is 79.3 cm³/mol. The fourth-order valence-electron chi connectivity index (χ4n) is 1.87. The van der Waals surface area contributed by atoms with Crippen molar-refractivity contribution in [2.45, 2.75) is 6.92 Å². The van der Waals surface area contributed by atoms with E-state index in [1.54, 1.807) is 12.1 Å². The molecule has 0 aliphatic carbocycles. The van der Waals surface area contributed by atoms with Gasteiger partial charge in [0.15, 0.2) is 0 Å². The zero-order valence-corrected chi connectivity index (χ0v) is 12.3. The van der Waals surface area contributed by atoms with E-state index in [-0.39, 0.29) is 5.75 Å². The molecule has 0 aliphatic heterocycles. The average Bonchev–Trinajstić information content (AvgIpc) is 2.92. The summed E-state index contributed by atoms with van der Waals surface area (Å²) in [4.78, 5) is 4.38. The second-order valence-electron chi connectivity index (χ2n) is 4.43. The fourth-order valence-corrected chi connectivity index (χ4v) is 2.27. The molecule has 1 N–H and O–H groups in total. The first-order valence-electron chi connectivity index (χ1n) is 6.03. The quantitative estimate of drug-likeness (QED) is 0.765. The van der Waals surface area contributed by atoms with E-state index >= 15 is 0 Å². The highest BCUT2D eigenvalue weighted by Gasteiger charge is 2.11. The third-order valence-corrected chi connectivity index (χ3v) is 3.45. The van der Waals surface area contributed by atoms with E-state index in [0.717, 1.165) is 21.2 Å². The Kier molecular flexibility index (Phi) is 3.28. The molecule has 2 aromatic carbocycles. The zero-order valence-electron chi connectivity index (χ0n) is 10.7. The number of rotatable bonds is 2. The lowest BCUT2D eigenvalue weighted by atomic mass is 10.1. The first kappa shape index (κ1) is 12.9. The van der Waals surface area contributed by atoms with Crippen molar-refractivity contribution < 1.29 is 9.63 Å². The van der Waals surface area contributed by atoms with E-state index in [9.17, 15) is 5.11 Å². The number of benzene rings is 2. The highest BCUT2D eigenvalue weighted by molar-refractivity contribution is 9.10. The van der Waals surface area contributed by atoms with E-state index < -0.39 is 0 Å². The molecule has 3 aromatic rings. The fraction of sp³-hybridized carbons (Fsp3) is 0.0667. The summed E-state index contributed by atoms with van der Waals surface area (Å²) in [5, 5.41) is 13.5. The highest BCUT2D eigenvalue weighted by atomic mass is 79.9. The van der Waals surface area contributed by atoms with Gasteiger partial charge in [-0.25, -0.2) is 0 Å². The van der Waals surface area contributed by atoms with Crippen LogP contribution in [0.5, 0.6) is 5.75 Å². The molecule has 0 amide bonds. The Hall–Kier alpha value is -2.14. The molecule has 3 rings (SSSR count). The van der Waals surface area contributed by atoms with Crippen LogP contribution in [0.2, 0.25) is 0 Å². The molecule has 0 aliphatic rings. The molecule has 0 saturated heterocycles. The zero-order chi connectivity index (χ0) is 14.1. The van der Waals surface area contributed by atoms with Crippen LogP contribution in [-0.2, 0) is 0 Å². The van der Waals surface area contributed by atoms with Gasteiger partial charge >= 0.3 is 0 Å². The molecule has 0 spiro atoms. The second kappa shape index (κ2) is 5.09. The summed E-state index contributed by atoms with van der Waals surface area (Å²) in [7, 11) is 0. The predicted octanol–water partition coefficient (Wildman–Crippen LogP) is 4.18. The maximum atomic E-state index is 9.53. The number of aryl methyl sites for hydroxylation is 1. The number of nitrogens with zero attached hydrogens (tertiary/aromatic N) is 2. The minimum Gasteiger partial charge on any atom is -0.508 e. The Morgan fingerprint density at radius 3 is 2.70 bits per heavy atom. The van der Waals surface area contributed by atoms with Crippen molar-refractivity contribution in [3.05, 3.63) is 52.5 Å². The Morgan fingerprint density at radius 1 is 1.10 bits per heavy atom. The summed E-state index contributed by atoms with van der Waals surface area (Å²) >= 11 is 3.41. The smallest absolute Gasteiger partial charge is 0.258 e. The van der Waals surface area contributed by atoms with Crippen molar-refractivity contribution in [3.8, 4) is 28.6 Å². The van der Waals surface area contributed by atoms with Crippen molar-refractivity contribution in [2.24, 2.45) is 0 Å². The van der Waals surface area contributed by atoms with Gasteiger partial charge in [-0.1, -0.05) is 33.2 Å². The third-order valence-electron chi connectivity index (χ3n) is 2.95. The van der Waals surface area contributed by atoms with Crippen LogP contribution >= 0.6 is 15.9 Å².